The Hall–Kier alpha value is -3.13. The van der Waals surface area contributed by atoms with Crippen molar-refractivity contribution < 1.29 is 34.5 Å². The van der Waals surface area contributed by atoms with Gasteiger partial charge in [0.05, 0.1) is 12.7 Å². The van der Waals surface area contributed by atoms with E-state index in [1.54, 1.807) is 6.20 Å². The Morgan fingerprint density at radius 3 is 2.33 bits per heavy atom. The summed E-state index contributed by atoms with van der Waals surface area (Å²) in [6.07, 6.45) is 2.33. The number of amides is 3. The van der Waals surface area contributed by atoms with Gasteiger partial charge in [-0.05, 0) is 37.0 Å². The molecule has 5 unspecified atom stereocenters. The monoisotopic (exact) mass is 523 g/mol. The summed E-state index contributed by atoms with van der Waals surface area (Å²) in [6, 6.07) is 2.17. The van der Waals surface area contributed by atoms with Gasteiger partial charge in [-0.2, -0.15) is 11.8 Å². The molecule has 0 saturated heterocycles. The number of fused-ring (bicyclic) bond motifs is 1. The zero-order chi connectivity index (χ0) is 26.8. The fraction of sp³-hybridized carbons (Fsp3) is 0.478. The van der Waals surface area contributed by atoms with Crippen LogP contribution in [0, 0.1) is 0 Å². The molecule has 0 aliphatic rings. The van der Waals surface area contributed by atoms with E-state index in [0.717, 1.165) is 10.9 Å². The number of nitrogens with one attached hydrogen (secondary N) is 4. The lowest BCUT2D eigenvalue weighted by atomic mass is 10.0. The molecule has 3 amide bonds. The smallest absolute Gasteiger partial charge is 0.326 e. The van der Waals surface area contributed by atoms with Crippen molar-refractivity contribution in [1.82, 2.24) is 20.9 Å². The molecule has 2 aromatic rings. The zero-order valence-electron chi connectivity index (χ0n) is 20.1. The van der Waals surface area contributed by atoms with E-state index < -0.39 is 60.6 Å². The quantitative estimate of drug-likeness (QED) is 0.148. The molecule has 0 saturated carbocycles. The van der Waals surface area contributed by atoms with Crippen molar-refractivity contribution in [2.24, 2.45) is 5.73 Å². The SMILES string of the molecule is CSCCC(NC(=O)C(Cc1c[nH]c2ccccc12)NC(=O)C(NC(=O)C(N)CO)C(C)O)C(=O)O. The van der Waals surface area contributed by atoms with Gasteiger partial charge in [0.2, 0.25) is 17.7 Å². The summed E-state index contributed by atoms with van der Waals surface area (Å²) in [7, 11) is 0. The van der Waals surface area contributed by atoms with Crippen LogP contribution in [-0.4, -0.2) is 92.9 Å². The number of thioether (sulfide) groups is 1. The first-order chi connectivity index (χ1) is 17.1. The number of carbonyl (C=O) groups excluding carboxylic acids is 3. The summed E-state index contributed by atoms with van der Waals surface area (Å²) >= 11 is 1.43. The zero-order valence-corrected chi connectivity index (χ0v) is 20.9. The number of benzene rings is 1. The van der Waals surface area contributed by atoms with Gasteiger partial charge < -0.3 is 42.0 Å². The molecule has 0 bridgehead atoms. The van der Waals surface area contributed by atoms with Crippen molar-refractivity contribution in [3.63, 3.8) is 0 Å². The van der Waals surface area contributed by atoms with Crippen LogP contribution in [0.4, 0.5) is 0 Å². The highest BCUT2D eigenvalue weighted by atomic mass is 32.2. The van der Waals surface area contributed by atoms with Crippen LogP contribution in [0.1, 0.15) is 18.9 Å². The molecule has 5 atom stereocenters. The third-order valence-corrected chi connectivity index (χ3v) is 6.20. The lowest BCUT2D eigenvalue weighted by Gasteiger charge is -2.26. The molecule has 0 aliphatic carbocycles. The number of H-pyrrole nitrogens is 1. The lowest BCUT2D eigenvalue weighted by Crippen LogP contribution is -2.60. The van der Waals surface area contributed by atoms with Crippen molar-refractivity contribution in [2.75, 3.05) is 18.6 Å². The maximum absolute atomic E-state index is 13.2. The van der Waals surface area contributed by atoms with Crippen molar-refractivity contribution in [2.45, 2.75) is 50.0 Å². The second-order valence-corrected chi connectivity index (χ2v) is 9.31. The molecule has 2 rings (SSSR count). The first kappa shape index (κ1) is 29.1. The van der Waals surface area contributed by atoms with Gasteiger partial charge in [0, 0.05) is 23.5 Å². The Balaban J connectivity index is 2.30. The molecule has 0 radical (unpaired) electrons. The first-order valence-corrected chi connectivity index (χ1v) is 12.7. The third-order valence-electron chi connectivity index (χ3n) is 5.55. The molecule has 13 heteroatoms. The van der Waals surface area contributed by atoms with E-state index in [-0.39, 0.29) is 12.8 Å². The Bertz CT molecular complexity index is 1060. The van der Waals surface area contributed by atoms with E-state index in [4.69, 9.17) is 10.8 Å². The average molecular weight is 524 g/mol. The van der Waals surface area contributed by atoms with Gasteiger partial charge in [-0.15, -0.1) is 0 Å². The number of aliphatic hydroxyl groups is 2. The molecule has 0 aliphatic heterocycles. The van der Waals surface area contributed by atoms with Crippen LogP contribution in [0.15, 0.2) is 30.5 Å². The number of aromatic nitrogens is 1. The minimum absolute atomic E-state index is 0.00703. The number of hydrogen-bond donors (Lipinski definition) is 8. The minimum Gasteiger partial charge on any atom is -0.480 e. The molecule has 9 N–H and O–H groups in total. The second kappa shape index (κ2) is 13.8. The van der Waals surface area contributed by atoms with Crippen LogP contribution in [0.3, 0.4) is 0 Å². The number of nitrogens with two attached hydrogens (primary N) is 1. The molecular weight excluding hydrogens is 490 g/mol. The Kier molecular flexibility index (Phi) is 11.2. The second-order valence-electron chi connectivity index (χ2n) is 8.32. The fourth-order valence-corrected chi connectivity index (χ4v) is 3.98. The van der Waals surface area contributed by atoms with Gasteiger partial charge in [0.1, 0.15) is 24.2 Å². The predicted molar refractivity (Wildman–Crippen MR) is 135 cm³/mol. The number of hydrogen-bond acceptors (Lipinski definition) is 8. The summed E-state index contributed by atoms with van der Waals surface area (Å²) in [5.41, 5.74) is 6.99. The number of carboxylic acid groups (broad SMARTS) is 1. The van der Waals surface area contributed by atoms with Crippen LogP contribution in [0.5, 0.6) is 0 Å². The Morgan fingerprint density at radius 2 is 1.72 bits per heavy atom. The van der Waals surface area contributed by atoms with Gasteiger partial charge in [-0.25, -0.2) is 4.79 Å². The third kappa shape index (κ3) is 7.95. The van der Waals surface area contributed by atoms with E-state index in [9.17, 15) is 29.4 Å². The predicted octanol–water partition coefficient (Wildman–Crippen LogP) is -1.30. The Morgan fingerprint density at radius 1 is 1.06 bits per heavy atom. The van der Waals surface area contributed by atoms with Gasteiger partial charge in [-0.1, -0.05) is 18.2 Å². The number of aliphatic hydroxyl groups excluding tert-OH is 2. The van der Waals surface area contributed by atoms with E-state index in [1.807, 2.05) is 30.5 Å². The van der Waals surface area contributed by atoms with Gasteiger partial charge in [0.15, 0.2) is 0 Å². The average Bonchev–Trinajstić information content (AvgIpc) is 3.26. The minimum atomic E-state index is -1.47. The summed E-state index contributed by atoms with van der Waals surface area (Å²) in [6.45, 7) is 0.602. The van der Waals surface area contributed by atoms with Crippen LogP contribution in [0.2, 0.25) is 0 Å². The lowest BCUT2D eigenvalue weighted by molar-refractivity contribution is -0.142. The van der Waals surface area contributed by atoms with E-state index in [1.165, 1.54) is 18.7 Å². The van der Waals surface area contributed by atoms with Crippen molar-refractivity contribution in [3.05, 3.63) is 36.0 Å². The molecule has 12 nitrogen and oxygen atoms in total. The molecule has 1 aromatic heterocycles. The maximum Gasteiger partial charge on any atom is 0.326 e. The highest BCUT2D eigenvalue weighted by molar-refractivity contribution is 7.98. The number of carbonyl (C=O) groups is 4. The first-order valence-electron chi connectivity index (χ1n) is 11.3. The van der Waals surface area contributed by atoms with Crippen molar-refractivity contribution >= 4 is 46.4 Å². The Labute approximate surface area is 212 Å². The van der Waals surface area contributed by atoms with Crippen LogP contribution in [0.25, 0.3) is 10.9 Å². The number of carboxylic acids is 1. The summed E-state index contributed by atoms with van der Waals surface area (Å²) in [5, 5.41) is 36.8. The van der Waals surface area contributed by atoms with E-state index in [0.29, 0.717) is 11.3 Å². The molecule has 0 spiro atoms. The number of aliphatic carboxylic acids is 1. The molecule has 1 heterocycles. The largest absolute Gasteiger partial charge is 0.480 e. The summed E-state index contributed by atoms with van der Waals surface area (Å²) in [4.78, 5) is 53.1. The molecule has 36 heavy (non-hydrogen) atoms. The standard InChI is InChI=1S/C23H33N5O7S/c1-12(30)19(28-20(31)15(24)11-29)22(33)27-18(21(32)26-17(23(34)35)7-8-36-2)9-13-10-25-16-6-4-3-5-14(13)16/h3-6,10,12,15,17-19,25,29-30H,7-9,11,24H2,1-2H3,(H,26,32)(H,27,33)(H,28,31)(H,34,35). The molecule has 0 fully saturated rings. The van der Waals surface area contributed by atoms with Crippen LogP contribution < -0.4 is 21.7 Å². The van der Waals surface area contributed by atoms with Crippen molar-refractivity contribution in [3.8, 4) is 0 Å². The molecule has 1 aromatic carbocycles. The number of para-hydroxylation sites is 1. The highest BCUT2D eigenvalue weighted by Gasteiger charge is 2.32. The summed E-state index contributed by atoms with van der Waals surface area (Å²) < 4.78 is 0. The number of aromatic amines is 1. The summed E-state index contributed by atoms with van der Waals surface area (Å²) in [5.74, 6) is -3.18. The van der Waals surface area contributed by atoms with Crippen LogP contribution in [-0.2, 0) is 25.6 Å². The fourth-order valence-electron chi connectivity index (χ4n) is 3.51. The van der Waals surface area contributed by atoms with Gasteiger partial charge in [0.25, 0.3) is 0 Å². The maximum atomic E-state index is 13.2. The normalized spacial score (nSPS) is 15.4. The van der Waals surface area contributed by atoms with E-state index in [2.05, 4.69) is 20.9 Å². The topological polar surface area (TPSA) is 207 Å². The molecule has 198 valence electrons. The number of rotatable bonds is 14. The van der Waals surface area contributed by atoms with E-state index >= 15 is 0 Å². The van der Waals surface area contributed by atoms with Crippen LogP contribution >= 0.6 is 11.8 Å². The highest BCUT2D eigenvalue weighted by Crippen LogP contribution is 2.19. The van der Waals surface area contributed by atoms with Crippen molar-refractivity contribution in [1.29, 1.82) is 0 Å². The van der Waals surface area contributed by atoms with Gasteiger partial charge in [-0.3, -0.25) is 14.4 Å². The van der Waals surface area contributed by atoms with Gasteiger partial charge >= 0.3 is 5.97 Å². The molecular formula is C23H33N5O7S.